The second-order valence-electron chi connectivity index (χ2n) is 6.60. The van der Waals surface area contributed by atoms with Crippen LogP contribution in [0.5, 0.6) is 0 Å². The molecule has 2 rings (SSSR count). The van der Waals surface area contributed by atoms with Crippen molar-refractivity contribution in [1.29, 1.82) is 0 Å². The molecule has 0 bridgehead atoms. The summed E-state index contributed by atoms with van der Waals surface area (Å²) in [5.41, 5.74) is 0.855. The number of carbonyl (C=O) groups excluding carboxylic acids is 2. The lowest BCUT2D eigenvalue weighted by Crippen LogP contribution is -2.40. The van der Waals surface area contributed by atoms with E-state index in [0.717, 1.165) is 12.5 Å². The van der Waals surface area contributed by atoms with Crippen molar-refractivity contribution < 1.29 is 27.7 Å². The molecule has 2 aromatic carbocycles. The molecule has 0 aliphatic carbocycles. The van der Waals surface area contributed by atoms with Gasteiger partial charge in [0.15, 0.2) is 0 Å². The van der Waals surface area contributed by atoms with Gasteiger partial charge in [0, 0.05) is 12.1 Å². The number of ether oxygens (including phenoxy) is 1. The molecular weight excluding hydrogens is 412 g/mol. The molecule has 0 saturated heterocycles. The highest BCUT2D eigenvalue weighted by molar-refractivity contribution is 7.89. The third-order valence-electron chi connectivity index (χ3n) is 4.39. The van der Waals surface area contributed by atoms with Gasteiger partial charge in [0.05, 0.1) is 22.5 Å². The molecule has 0 spiro atoms. The van der Waals surface area contributed by atoms with Gasteiger partial charge in [0.25, 0.3) is 5.69 Å². The van der Waals surface area contributed by atoms with Crippen molar-refractivity contribution in [1.82, 2.24) is 4.72 Å². The average Bonchev–Trinajstić information content (AvgIpc) is 2.67. The number of sulfonamides is 1. The molecule has 9 nitrogen and oxygen atoms in total. The van der Waals surface area contributed by atoms with Gasteiger partial charge < -0.3 is 4.74 Å². The Labute approximate surface area is 174 Å². The molecule has 0 fully saturated rings. The van der Waals surface area contributed by atoms with E-state index in [2.05, 4.69) is 4.72 Å². The third kappa shape index (κ3) is 5.49. The van der Waals surface area contributed by atoms with Crippen molar-refractivity contribution in [3.05, 3.63) is 69.8 Å². The van der Waals surface area contributed by atoms with E-state index >= 15 is 0 Å². The van der Waals surface area contributed by atoms with E-state index in [4.69, 9.17) is 4.74 Å². The van der Waals surface area contributed by atoms with Gasteiger partial charge in [-0.2, -0.15) is 0 Å². The van der Waals surface area contributed by atoms with Gasteiger partial charge in [0.2, 0.25) is 10.0 Å². The van der Waals surface area contributed by atoms with Crippen LogP contribution in [-0.4, -0.2) is 31.7 Å². The van der Waals surface area contributed by atoms with Crippen LogP contribution in [0.4, 0.5) is 5.69 Å². The number of nitro benzene ring substituents is 1. The second-order valence-corrected chi connectivity index (χ2v) is 8.32. The minimum atomic E-state index is -4.12. The maximum Gasteiger partial charge on any atom is 0.318 e. The Hall–Kier alpha value is -3.11. The van der Waals surface area contributed by atoms with Crippen LogP contribution in [0.1, 0.15) is 31.0 Å². The molecule has 0 amide bonds. The fourth-order valence-corrected chi connectivity index (χ4v) is 4.09. The Morgan fingerprint density at radius 1 is 1.10 bits per heavy atom. The summed E-state index contributed by atoms with van der Waals surface area (Å²) in [5.74, 6) is -2.96. The van der Waals surface area contributed by atoms with Crippen molar-refractivity contribution in [2.45, 2.75) is 31.7 Å². The first-order valence-corrected chi connectivity index (χ1v) is 10.6. The van der Waals surface area contributed by atoms with Gasteiger partial charge in [-0.3, -0.25) is 19.7 Å². The standard InChI is InChI=1S/C20H22N2O7S/c1-4-29-20(24)18(14(3)23)19(15-7-9-16(10-8-15)22(25)26)21-30(27,28)17-11-5-13(2)6-12-17/h5-12,18-19,21H,4H2,1-3H3. The first-order chi connectivity index (χ1) is 14.1. The van der Waals surface area contributed by atoms with E-state index < -0.39 is 38.7 Å². The average molecular weight is 434 g/mol. The topological polar surface area (TPSA) is 133 Å². The quantitative estimate of drug-likeness (QED) is 0.278. The number of nitrogens with one attached hydrogen (secondary N) is 1. The summed E-state index contributed by atoms with van der Waals surface area (Å²) in [6.45, 7) is 4.52. The van der Waals surface area contributed by atoms with Crippen molar-refractivity contribution in [2.24, 2.45) is 5.92 Å². The molecule has 160 valence electrons. The molecule has 0 aliphatic rings. The zero-order chi connectivity index (χ0) is 22.5. The fraction of sp³-hybridized carbons (Fsp3) is 0.300. The summed E-state index contributed by atoms with van der Waals surface area (Å²) < 4.78 is 33.2. The lowest BCUT2D eigenvalue weighted by Gasteiger charge is -2.25. The summed E-state index contributed by atoms with van der Waals surface area (Å²) in [6.07, 6.45) is 0. The number of nitro groups is 1. The van der Waals surface area contributed by atoms with Crippen LogP contribution in [0.2, 0.25) is 0 Å². The summed E-state index contributed by atoms with van der Waals surface area (Å²) in [6, 6.07) is 9.66. The van der Waals surface area contributed by atoms with Crippen LogP contribution in [0.3, 0.4) is 0 Å². The number of nitrogens with zero attached hydrogens (tertiary/aromatic N) is 1. The molecule has 1 N–H and O–H groups in total. The second kappa shape index (κ2) is 9.59. The first-order valence-electron chi connectivity index (χ1n) is 9.07. The molecule has 2 aromatic rings. The Bertz CT molecular complexity index is 1030. The van der Waals surface area contributed by atoms with E-state index in [9.17, 15) is 28.1 Å². The summed E-state index contributed by atoms with van der Waals surface area (Å²) in [4.78, 5) is 35.0. The third-order valence-corrected chi connectivity index (χ3v) is 5.85. The smallest absolute Gasteiger partial charge is 0.318 e. The number of hydrogen-bond acceptors (Lipinski definition) is 7. The molecule has 30 heavy (non-hydrogen) atoms. The Kier molecular flexibility index (Phi) is 7.41. The number of aryl methyl sites for hydroxylation is 1. The number of ketones is 1. The van der Waals surface area contributed by atoms with Gasteiger partial charge in [-0.05, 0) is 38.5 Å². The highest BCUT2D eigenvalue weighted by Crippen LogP contribution is 2.28. The minimum absolute atomic E-state index is 0.000304. The molecule has 0 saturated carbocycles. The SMILES string of the molecule is CCOC(=O)C(C(C)=O)C(NS(=O)(=O)c1ccc(C)cc1)c1ccc([N+](=O)[O-])cc1. The number of hydrogen-bond donors (Lipinski definition) is 1. The number of non-ortho nitro benzene ring substituents is 1. The van der Waals surface area contributed by atoms with Gasteiger partial charge in [-0.1, -0.05) is 29.8 Å². The van der Waals surface area contributed by atoms with Crippen LogP contribution in [0, 0.1) is 23.0 Å². The molecule has 0 aliphatic heterocycles. The van der Waals surface area contributed by atoms with E-state index in [0.29, 0.717) is 0 Å². The number of benzene rings is 2. The monoisotopic (exact) mass is 434 g/mol. The van der Waals surface area contributed by atoms with E-state index in [1.54, 1.807) is 26.0 Å². The normalized spacial score (nSPS) is 13.3. The highest BCUT2D eigenvalue weighted by Gasteiger charge is 2.37. The number of carbonyl (C=O) groups is 2. The maximum atomic E-state index is 12.9. The summed E-state index contributed by atoms with van der Waals surface area (Å²) >= 11 is 0. The molecule has 0 radical (unpaired) electrons. The summed E-state index contributed by atoms with van der Waals surface area (Å²) in [7, 11) is -4.12. The van der Waals surface area contributed by atoms with Crippen molar-refractivity contribution in [2.75, 3.05) is 6.61 Å². The van der Waals surface area contributed by atoms with Gasteiger partial charge in [0.1, 0.15) is 11.7 Å². The maximum absolute atomic E-state index is 12.9. The van der Waals surface area contributed by atoms with Gasteiger partial charge in [-0.25, -0.2) is 13.1 Å². The molecule has 10 heteroatoms. The highest BCUT2D eigenvalue weighted by atomic mass is 32.2. The Balaban J connectivity index is 2.54. The largest absolute Gasteiger partial charge is 0.465 e. The lowest BCUT2D eigenvalue weighted by molar-refractivity contribution is -0.384. The predicted molar refractivity (Wildman–Crippen MR) is 108 cm³/mol. The molecule has 2 unspecified atom stereocenters. The molecule has 0 heterocycles. The van der Waals surface area contributed by atoms with Crippen LogP contribution in [0.15, 0.2) is 53.4 Å². The van der Waals surface area contributed by atoms with Crippen LogP contribution >= 0.6 is 0 Å². The fourth-order valence-electron chi connectivity index (χ4n) is 2.85. The Morgan fingerprint density at radius 2 is 1.67 bits per heavy atom. The van der Waals surface area contributed by atoms with Crippen LogP contribution in [0.25, 0.3) is 0 Å². The molecular formula is C20H22N2O7S. The van der Waals surface area contributed by atoms with Gasteiger partial charge >= 0.3 is 5.97 Å². The van der Waals surface area contributed by atoms with Crippen molar-refractivity contribution >= 4 is 27.5 Å². The minimum Gasteiger partial charge on any atom is -0.465 e. The van der Waals surface area contributed by atoms with Crippen molar-refractivity contribution in [3.8, 4) is 0 Å². The zero-order valence-corrected chi connectivity index (χ0v) is 17.5. The number of esters is 1. The number of Topliss-reactive ketones (excluding diaryl/α,β-unsaturated/α-hetero) is 1. The number of rotatable bonds is 9. The Morgan fingerprint density at radius 3 is 2.13 bits per heavy atom. The van der Waals surface area contributed by atoms with E-state index in [1.165, 1.54) is 36.4 Å². The lowest BCUT2D eigenvalue weighted by atomic mass is 9.90. The molecule has 0 aromatic heterocycles. The first kappa shape index (κ1) is 23.2. The van der Waals surface area contributed by atoms with E-state index in [-0.39, 0.29) is 22.8 Å². The summed E-state index contributed by atoms with van der Waals surface area (Å²) in [5, 5.41) is 10.9. The van der Waals surface area contributed by atoms with Crippen LogP contribution in [-0.2, 0) is 24.3 Å². The zero-order valence-electron chi connectivity index (χ0n) is 16.7. The molecule has 2 atom stereocenters. The predicted octanol–water partition coefficient (Wildman–Crippen LogP) is 2.69. The van der Waals surface area contributed by atoms with E-state index in [1.807, 2.05) is 0 Å². The van der Waals surface area contributed by atoms with Crippen LogP contribution < -0.4 is 4.72 Å². The van der Waals surface area contributed by atoms with Crippen molar-refractivity contribution in [3.63, 3.8) is 0 Å². The van der Waals surface area contributed by atoms with Gasteiger partial charge in [-0.15, -0.1) is 0 Å².